The number of rotatable bonds is 8. The Hall–Kier alpha value is -8.41. The number of esters is 2. The predicted molar refractivity (Wildman–Crippen MR) is 405 cm³/mol. The first-order chi connectivity index (χ1) is 51.9. The summed E-state index contributed by atoms with van der Waals surface area (Å²) >= 11 is 0. The Kier molecular flexibility index (Phi) is 16.4. The zero-order chi connectivity index (χ0) is 71.5. The molecule has 12 nitrogen and oxygen atoms in total. The molecule has 27 rings (SSSR count). The molecule has 4 heterocycles. The summed E-state index contributed by atoms with van der Waals surface area (Å²) in [6, 6.07) is 41.6. The minimum absolute atomic E-state index is 0.00553. The summed E-state index contributed by atoms with van der Waals surface area (Å²) in [6.45, 7) is -0.267. The highest BCUT2D eigenvalue weighted by molar-refractivity contribution is 5.91. The van der Waals surface area contributed by atoms with Crippen LogP contribution in [0.3, 0.4) is 0 Å². The first kappa shape index (κ1) is 67.0. The van der Waals surface area contributed by atoms with Gasteiger partial charge in [0, 0.05) is 65.1 Å². The summed E-state index contributed by atoms with van der Waals surface area (Å²) in [5, 5.41) is 44.1. The van der Waals surface area contributed by atoms with Crippen molar-refractivity contribution in [1.82, 2.24) is 0 Å². The largest absolute Gasteiger partial charge is 0.481 e. The maximum absolute atomic E-state index is 17.0. The van der Waals surface area contributed by atoms with Gasteiger partial charge in [0.25, 0.3) is 0 Å². The fourth-order valence-electron chi connectivity index (χ4n) is 25.4. The van der Waals surface area contributed by atoms with Crippen molar-refractivity contribution < 1.29 is 53.4 Å². The van der Waals surface area contributed by atoms with E-state index < -0.39 is 67.2 Å². The normalized spacial score (nSPS) is 32.6. The number of fused-ring (bicyclic) bond motifs is 9. The summed E-state index contributed by atoms with van der Waals surface area (Å²) in [4.78, 5) is 49.0. The molecule has 0 amide bonds. The fraction of sp³-hybridized carbons (Fsp3) is 0.457. The van der Waals surface area contributed by atoms with Gasteiger partial charge >= 0.3 is 17.6 Å². The van der Waals surface area contributed by atoms with Crippen LogP contribution in [0.1, 0.15) is 246 Å². The molecule has 3 saturated carbocycles. The minimum Gasteiger partial charge on any atom is -0.481 e. The first-order valence-corrected chi connectivity index (χ1v) is 39.9. The molecule has 1 aromatic heterocycles. The Balaban J connectivity index is 0.880. The van der Waals surface area contributed by atoms with Crippen LogP contribution in [0, 0.1) is 53.3 Å². The highest BCUT2D eigenvalue weighted by Gasteiger charge is 2.66. The second-order valence-corrected chi connectivity index (χ2v) is 34.1. The van der Waals surface area contributed by atoms with Crippen LogP contribution in [0.4, 0.5) is 0 Å². The lowest BCUT2D eigenvalue weighted by Crippen LogP contribution is -2.61. The molecule has 0 saturated heterocycles. The maximum atomic E-state index is 17.0. The topological polar surface area (TPSA) is 182 Å². The Morgan fingerprint density at radius 1 is 0.708 bits per heavy atom. The number of ether oxygens (including phenoxy) is 4. The average Bonchev–Trinajstić information content (AvgIpc) is 1.22. The molecule has 4 N–H and O–H groups in total. The smallest absolute Gasteiger partial charge is 0.340 e. The zero-order valence-corrected chi connectivity index (χ0v) is 60.5. The Morgan fingerprint density at radius 2 is 1.55 bits per heavy atom. The van der Waals surface area contributed by atoms with E-state index in [2.05, 4.69) is 145 Å². The lowest BCUT2D eigenvalue weighted by Gasteiger charge is -2.55. The molecule has 17 aliphatic carbocycles. The summed E-state index contributed by atoms with van der Waals surface area (Å²) in [6.07, 6.45) is 26.2. The molecule has 17 unspecified atom stereocenters. The molecule has 542 valence electrons. The van der Waals surface area contributed by atoms with Crippen molar-refractivity contribution in [3.05, 3.63) is 250 Å². The molecule has 0 radical (unpaired) electrons. The molecule has 3 fully saturated rings. The van der Waals surface area contributed by atoms with E-state index in [9.17, 15) is 20.4 Å². The molecule has 20 bridgehead atoms. The molecule has 7 aromatic rings. The fourth-order valence-corrected chi connectivity index (χ4v) is 25.4. The van der Waals surface area contributed by atoms with Crippen molar-refractivity contribution in [2.24, 2.45) is 41.4 Å². The van der Waals surface area contributed by atoms with Gasteiger partial charge in [0.2, 0.25) is 0 Å². The van der Waals surface area contributed by atoms with Crippen LogP contribution in [0.15, 0.2) is 154 Å². The third-order valence-electron chi connectivity index (χ3n) is 29.7. The molecular formula is C94H94O12. The minimum atomic E-state index is -1.53. The number of carbonyl (C=O) groups is 2. The molecular weight excluding hydrogens is 1320 g/mol. The molecule has 17 atom stereocenters. The Morgan fingerprint density at radius 3 is 2.40 bits per heavy atom. The van der Waals surface area contributed by atoms with Crippen LogP contribution >= 0.6 is 0 Å². The summed E-state index contributed by atoms with van der Waals surface area (Å²) in [5.41, 5.74) is 17.1. The van der Waals surface area contributed by atoms with Crippen LogP contribution in [-0.2, 0) is 60.5 Å². The van der Waals surface area contributed by atoms with Gasteiger partial charge in [-0.25, -0.2) is 9.59 Å². The van der Waals surface area contributed by atoms with E-state index in [1.54, 1.807) is 6.07 Å². The summed E-state index contributed by atoms with van der Waals surface area (Å²) < 4.78 is 35.5. The molecule has 6 aromatic carbocycles. The lowest BCUT2D eigenvalue weighted by atomic mass is 9.48. The number of aliphatic hydroxyl groups is 4. The zero-order valence-electron chi connectivity index (χ0n) is 60.5. The molecule has 3 spiro atoms. The van der Waals surface area contributed by atoms with Gasteiger partial charge < -0.3 is 43.8 Å². The van der Waals surface area contributed by atoms with Gasteiger partial charge in [-0.2, -0.15) is 0 Å². The van der Waals surface area contributed by atoms with Crippen LogP contribution in [-0.4, -0.2) is 70.7 Å². The van der Waals surface area contributed by atoms with E-state index >= 15 is 14.4 Å². The van der Waals surface area contributed by atoms with E-state index in [0.717, 1.165) is 64.2 Å². The van der Waals surface area contributed by atoms with Gasteiger partial charge in [0.05, 0.1) is 31.8 Å². The second-order valence-electron chi connectivity index (χ2n) is 34.1. The molecule has 20 aliphatic rings. The molecule has 3 aliphatic heterocycles. The monoisotopic (exact) mass is 1410 g/mol. The van der Waals surface area contributed by atoms with Gasteiger partial charge in [-0.05, 0) is 250 Å². The van der Waals surface area contributed by atoms with Gasteiger partial charge in [0.1, 0.15) is 18.1 Å². The standard InChI is InChI=1S/C94H94O12/c1-52(48-96)73-46-76-71-32-31-67-66-28-23-57-42-59(66)45-83(99)103-88-86-82(34-33-72-77(49-97)85(91(101)104-87(72)86)58(35-39-95)50-102-51-98)106-93(89(88)105-90(73)100)38-5-4-14-70(67)84(71)60(43-75-68-29-22-55-10-2-3-13-64(55)74(68)47-81(75)93)44-80(76)92(36-6-7-37-92)61-24-18-53(19-25-61)40-54-17-20-56-21-26-62-11-8-12-63-27-30-69-65(57)15-9-16-78(69)94(62,63)79(56)41-54/h2-3,9-10,13,15-26,28-29,31-34,41,57-60,62-63,66,68,74-76,80-81,88-89,95-98H,6-8,11-12,14,27,30,35-40,42-51H2,1H3. The molecule has 12 heteroatoms. The summed E-state index contributed by atoms with van der Waals surface area (Å²) in [5.74, 6) is 5.74. The van der Waals surface area contributed by atoms with Crippen molar-refractivity contribution in [3.8, 4) is 17.6 Å². The SMILES string of the molecule is CC(CO)=C1CC2c3ccc4c5c3C3CC6C7C=Cc8ccccc8C7CC6C6(CC#CC5)Oc5ccc7c(CO)c(C(CCO)COCO)c(=O)oc7c5C(OC(=O)CC5CC(C=CC45)c4cccc5c4CCC4CCCC7C=Cc8ccc(cc8C574)Cc4ccc(cc4)C4(CCCC4)C2C3)C6OC1=O. The number of allylic oxidation sites excluding steroid dienone is 4. The third-order valence-corrected chi connectivity index (χ3v) is 29.7. The maximum Gasteiger partial charge on any atom is 0.340 e. The lowest BCUT2D eigenvalue weighted by molar-refractivity contribution is -0.205. The summed E-state index contributed by atoms with van der Waals surface area (Å²) in [7, 11) is 0. The van der Waals surface area contributed by atoms with Crippen LogP contribution in [0.25, 0.3) is 23.1 Å². The van der Waals surface area contributed by atoms with E-state index in [1.165, 1.54) is 90.7 Å². The highest BCUT2D eigenvalue weighted by atomic mass is 16.6. The van der Waals surface area contributed by atoms with Crippen molar-refractivity contribution in [3.63, 3.8) is 0 Å². The number of aliphatic hydroxyl groups excluding tert-OH is 4. The van der Waals surface area contributed by atoms with Crippen molar-refractivity contribution in [2.45, 2.75) is 200 Å². The van der Waals surface area contributed by atoms with Gasteiger partial charge in [-0.1, -0.05) is 165 Å². The third kappa shape index (κ3) is 9.99. The number of benzene rings is 6. The van der Waals surface area contributed by atoms with Crippen LogP contribution in [0.2, 0.25) is 0 Å². The molecule has 106 heavy (non-hydrogen) atoms. The van der Waals surface area contributed by atoms with E-state index in [0.29, 0.717) is 47.6 Å². The van der Waals surface area contributed by atoms with Crippen molar-refractivity contribution in [1.29, 1.82) is 0 Å². The van der Waals surface area contributed by atoms with Crippen molar-refractivity contribution in [2.75, 3.05) is 26.6 Å². The number of hydrogen-bond donors (Lipinski definition) is 4. The van der Waals surface area contributed by atoms with Crippen molar-refractivity contribution >= 4 is 35.1 Å². The van der Waals surface area contributed by atoms with Gasteiger partial charge in [-0.15, -0.1) is 0 Å². The van der Waals surface area contributed by atoms with E-state index in [-0.39, 0.29) is 131 Å². The number of carbonyl (C=O) groups excluding carboxylic acids is 2. The second kappa shape index (κ2) is 25.9. The van der Waals surface area contributed by atoms with E-state index in [4.69, 9.17) is 23.4 Å². The predicted octanol–water partition coefficient (Wildman–Crippen LogP) is 16.3. The Bertz CT molecular complexity index is 5050. The quantitative estimate of drug-likeness (QED) is 0.0283. The first-order valence-electron chi connectivity index (χ1n) is 39.9. The average molecular weight is 1420 g/mol. The number of hydrogen-bond acceptors (Lipinski definition) is 12. The highest BCUT2D eigenvalue weighted by Crippen LogP contribution is 2.68. The van der Waals surface area contributed by atoms with Gasteiger partial charge in [-0.3, -0.25) is 4.79 Å². The van der Waals surface area contributed by atoms with E-state index in [1.807, 2.05) is 13.0 Å². The van der Waals surface area contributed by atoms with Gasteiger partial charge in [0.15, 0.2) is 17.8 Å². The van der Waals surface area contributed by atoms with Crippen LogP contribution < -0.4 is 10.4 Å². The van der Waals surface area contributed by atoms with Crippen LogP contribution in [0.5, 0.6) is 5.75 Å². The Labute approximate surface area is 620 Å².